The van der Waals surface area contributed by atoms with E-state index >= 15 is 0 Å². The molecule has 0 heterocycles. The fourth-order valence-electron chi connectivity index (χ4n) is 2.96. The number of unbranched alkanes of at least 4 members (excludes halogenated alkanes) is 2. The van der Waals surface area contributed by atoms with Crippen LogP contribution in [0.2, 0.25) is 0 Å². The topological polar surface area (TPSA) is 9.23 Å². The Hall–Kier alpha value is -0.720. The highest BCUT2D eigenvalue weighted by Crippen LogP contribution is 2.35. The molecule has 0 bridgehead atoms. The summed E-state index contributed by atoms with van der Waals surface area (Å²) in [4.78, 5) is 0. The van der Waals surface area contributed by atoms with E-state index in [1.165, 1.54) is 38.5 Å². The molecule has 0 aromatic heterocycles. The summed E-state index contributed by atoms with van der Waals surface area (Å²) in [5, 5.41) is 0. The number of hydrogen-bond donors (Lipinski definition) is 0. The highest BCUT2D eigenvalue weighted by atomic mass is 16.5. The summed E-state index contributed by atoms with van der Waals surface area (Å²) in [6.07, 6.45) is 16.3. The lowest BCUT2D eigenvalue weighted by molar-refractivity contribution is 0.0136. The largest absolute Gasteiger partial charge is 0.498 e. The summed E-state index contributed by atoms with van der Waals surface area (Å²) >= 11 is 0. The van der Waals surface area contributed by atoms with E-state index in [0.717, 1.165) is 17.8 Å². The Morgan fingerprint density at radius 2 is 2.00 bits per heavy atom. The minimum Gasteiger partial charge on any atom is -0.498 e. The normalized spacial score (nSPS) is 28.6. The van der Waals surface area contributed by atoms with Gasteiger partial charge in [-0.2, -0.15) is 0 Å². The maximum Gasteiger partial charge on any atom is 0.101 e. The van der Waals surface area contributed by atoms with Crippen LogP contribution in [0, 0.1) is 17.8 Å². The van der Waals surface area contributed by atoms with Crippen LogP contribution in [-0.4, -0.2) is 6.10 Å². The van der Waals surface area contributed by atoms with Crippen molar-refractivity contribution in [3.05, 3.63) is 24.5 Å². The minimum absolute atomic E-state index is 0.420. The van der Waals surface area contributed by atoms with Crippen LogP contribution in [0.15, 0.2) is 24.5 Å². The average Bonchev–Trinajstić information content (AvgIpc) is 2.37. The Balaban J connectivity index is 2.35. The molecule has 19 heavy (non-hydrogen) atoms. The van der Waals surface area contributed by atoms with E-state index in [1.807, 2.05) is 12.3 Å². The molecular weight excluding hydrogens is 232 g/mol. The number of rotatable bonds is 7. The Bertz CT molecular complexity index is 277. The van der Waals surface area contributed by atoms with Gasteiger partial charge < -0.3 is 4.74 Å². The second kappa shape index (κ2) is 9.23. The van der Waals surface area contributed by atoms with Crippen LogP contribution in [-0.2, 0) is 4.74 Å². The van der Waals surface area contributed by atoms with Crippen molar-refractivity contribution in [3.8, 4) is 0 Å². The van der Waals surface area contributed by atoms with Crippen molar-refractivity contribution in [3.63, 3.8) is 0 Å². The smallest absolute Gasteiger partial charge is 0.101 e. The first kappa shape index (κ1) is 16.3. The Labute approximate surface area is 120 Å². The first-order valence-electron chi connectivity index (χ1n) is 8.12. The lowest BCUT2D eigenvalue weighted by atomic mass is 9.75. The van der Waals surface area contributed by atoms with Crippen LogP contribution < -0.4 is 0 Å². The summed E-state index contributed by atoms with van der Waals surface area (Å²) < 4.78 is 6.00. The van der Waals surface area contributed by atoms with Gasteiger partial charge in [0.05, 0.1) is 6.26 Å². The van der Waals surface area contributed by atoms with Crippen molar-refractivity contribution in [1.82, 2.24) is 0 Å². The van der Waals surface area contributed by atoms with Crippen LogP contribution >= 0.6 is 0 Å². The average molecular weight is 264 g/mol. The molecule has 3 atom stereocenters. The Morgan fingerprint density at radius 3 is 2.68 bits per heavy atom. The molecule has 1 rings (SSSR count). The number of hydrogen-bond acceptors (Lipinski definition) is 1. The van der Waals surface area contributed by atoms with Crippen LogP contribution in [0.5, 0.6) is 0 Å². The molecule has 0 saturated heterocycles. The predicted octanol–water partition coefficient (Wildman–Crippen LogP) is 5.72. The highest BCUT2D eigenvalue weighted by molar-refractivity contribution is 5.00. The van der Waals surface area contributed by atoms with E-state index in [4.69, 9.17) is 4.74 Å². The van der Waals surface area contributed by atoms with E-state index in [0.29, 0.717) is 6.10 Å². The molecule has 1 saturated carbocycles. The zero-order valence-electron chi connectivity index (χ0n) is 13.3. The summed E-state index contributed by atoms with van der Waals surface area (Å²) in [5.41, 5.74) is 0. The number of ether oxygens (including phenoxy) is 1. The molecule has 0 amide bonds. The molecule has 0 aromatic carbocycles. The van der Waals surface area contributed by atoms with Gasteiger partial charge in [0.25, 0.3) is 0 Å². The van der Waals surface area contributed by atoms with Gasteiger partial charge in [-0.25, -0.2) is 0 Å². The van der Waals surface area contributed by atoms with Gasteiger partial charge in [-0.3, -0.25) is 0 Å². The zero-order valence-corrected chi connectivity index (χ0v) is 13.3. The van der Waals surface area contributed by atoms with Gasteiger partial charge in [0.15, 0.2) is 0 Å². The summed E-state index contributed by atoms with van der Waals surface area (Å²) in [7, 11) is 0. The summed E-state index contributed by atoms with van der Waals surface area (Å²) in [5.74, 6) is 2.27. The fraction of sp³-hybridized carbons (Fsp3) is 0.778. The Morgan fingerprint density at radius 1 is 1.21 bits per heavy atom. The van der Waals surface area contributed by atoms with Gasteiger partial charge in [0.1, 0.15) is 6.10 Å². The quantitative estimate of drug-likeness (QED) is 0.324. The lowest BCUT2D eigenvalue weighted by Gasteiger charge is -2.36. The van der Waals surface area contributed by atoms with Gasteiger partial charge in [-0.1, -0.05) is 59.1 Å². The van der Waals surface area contributed by atoms with Gasteiger partial charge in [0.2, 0.25) is 0 Å². The molecule has 1 nitrogen and oxygen atoms in total. The van der Waals surface area contributed by atoms with Crippen molar-refractivity contribution >= 4 is 0 Å². The van der Waals surface area contributed by atoms with E-state index in [2.05, 4.69) is 39.8 Å². The maximum atomic E-state index is 6.00. The van der Waals surface area contributed by atoms with Crippen molar-refractivity contribution in [1.29, 1.82) is 0 Å². The Kier molecular flexibility index (Phi) is 7.93. The molecule has 1 aliphatic rings. The van der Waals surface area contributed by atoms with Crippen molar-refractivity contribution in [2.75, 3.05) is 0 Å². The molecule has 0 aliphatic heterocycles. The summed E-state index contributed by atoms with van der Waals surface area (Å²) in [6.45, 7) is 9.22. The SMILES string of the molecule is CCCC/C=C\C=C/O[C@@H]1C[C@H](C)CC[C@H]1C(C)C. The highest BCUT2D eigenvalue weighted by Gasteiger charge is 2.31. The van der Waals surface area contributed by atoms with Gasteiger partial charge in [0, 0.05) is 0 Å². The predicted molar refractivity (Wildman–Crippen MR) is 84.0 cm³/mol. The first-order chi connectivity index (χ1) is 9.15. The van der Waals surface area contributed by atoms with Gasteiger partial charge in [-0.15, -0.1) is 0 Å². The van der Waals surface area contributed by atoms with Gasteiger partial charge in [-0.05, 0) is 43.1 Å². The third-order valence-corrected chi connectivity index (χ3v) is 4.26. The molecule has 1 aliphatic carbocycles. The third-order valence-electron chi connectivity index (χ3n) is 4.26. The second-order valence-electron chi connectivity index (χ2n) is 6.40. The van der Waals surface area contributed by atoms with E-state index in [1.54, 1.807) is 0 Å². The molecule has 110 valence electrons. The summed E-state index contributed by atoms with van der Waals surface area (Å²) in [6, 6.07) is 0. The fourth-order valence-corrected chi connectivity index (χ4v) is 2.96. The third kappa shape index (κ3) is 6.31. The van der Waals surface area contributed by atoms with E-state index in [9.17, 15) is 0 Å². The maximum absolute atomic E-state index is 6.00. The van der Waals surface area contributed by atoms with Crippen LogP contribution in [0.25, 0.3) is 0 Å². The van der Waals surface area contributed by atoms with Crippen molar-refractivity contribution in [2.24, 2.45) is 17.8 Å². The lowest BCUT2D eigenvalue weighted by Crippen LogP contribution is -2.33. The van der Waals surface area contributed by atoms with E-state index < -0.39 is 0 Å². The van der Waals surface area contributed by atoms with Crippen molar-refractivity contribution < 1.29 is 4.74 Å². The van der Waals surface area contributed by atoms with Crippen LogP contribution in [0.4, 0.5) is 0 Å². The number of allylic oxidation sites excluding steroid dienone is 3. The molecular formula is C18H32O. The molecule has 0 aromatic rings. The van der Waals surface area contributed by atoms with Crippen molar-refractivity contribution in [2.45, 2.75) is 72.3 Å². The van der Waals surface area contributed by atoms with E-state index in [-0.39, 0.29) is 0 Å². The molecule has 0 N–H and O–H groups in total. The van der Waals surface area contributed by atoms with Gasteiger partial charge >= 0.3 is 0 Å². The molecule has 0 unspecified atom stereocenters. The first-order valence-corrected chi connectivity index (χ1v) is 8.12. The molecule has 0 radical (unpaired) electrons. The molecule has 0 spiro atoms. The standard InChI is InChI=1S/C18H32O/c1-5-6-7-8-9-10-13-19-18-14-16(4)11-12-17(18)15(2)3/h8-10,13,15-18H,5-7,11-12,14H2,1-4H3/b9-8-,13-10-/t16-,17+,18-/m1/s1. The minimum atomic E-state index is 0.420. The molecule has 1 heteroatoms. The second-order valence-corrected chi connectivity index (χ2v) is 6.40. The van der Waals surface area contributed by atoms with Crippen LogP contribution in [0.1, 0.15) is 66.2 Å². The van der Waals surface area contributed by atoms with Crippen LogP contribution in [0.3, 0.4) is 0 Å². The zero-order chi connectivity index (χ0) is 14.1. The molecule has 1 fully saturated rings. The monoisotopic (exact) mass is 264 g/mol.